The molecular weight excluding hydrogens is 354 g/mol. The highest BCUT2D eigenvalue weighted by Crippen LogP contribution is 2.27. The second kappa shape index (κ2) is 8.38. The molecule has 1 unspecified atom stereocenters. The summed E-state index contributed by atoms with van der Waals surface area (Å²) in [6.07, 6.45) is -0.550. The number of methoxy groups -OCH3 is 1. The van der Waals surface area contributed by atoms with Crippen LogP contribution in [-0.4, -0.2) is 31.5 Å². The first-order chi connectivity index (χ1) is 10.2. The topological polar surface area (TPSA) is 50.7 Å². The van der Waals surface area contributed by atoms with E-state index in [1.54, 1.807) is 18.4 Å². The highest BCUT2D eigenvalue weighted by atomic mass is 79.9. The minimum absolute atomic E-state index is 0.308. The number of hydrogen-bond acceptors (Lipinski definition) is 5. The molecule has 0 aliphatic rings. The minimum Gasteiger partial charge on any atom is -0.496 e. The summed E-state index contributed by atoms with van der Waals surface area (Å²) >= 11 is 5.08. The molecule has 2 rings (SSSR count). The monoisotopic (exact) mass is 371 g/mol. The van der Waals surface area contributed by atoms with Crippen LogP contribution in [0.25, 0.3) is 0 Å². The summed E-state index contributed by atoms with van der Waals surface area (Å²) in [6, 6.07) is 9.69. The zero-order valence-corrected chi connectivity index (χ0v) is 14.1. The Balaban J connectivity index is 1.70. The molecule has 1 aromatic heterocycles. The van der Waals surface area contributed by atoms with Gasteiger partial charge in [0.15, 0.2) is 0 Å². The first-order valence-corrected chi connectivity index (χ1v) is 8.22. The van der Waals surface area contributed by atoms with Crippen LogP contribution in [-0.2, 0) is 11.3 Å². The average Bonchev–Trinajstić information content (AvgIpc) is 2.98. The Kier molecular flexibility index (Phi) is 6.50. The van der Waals surface area contributed by atoms with E-state index in [-0.39, 0.29) is 0 Å². The fraction of sp³-hybridized carbons (Fsp3) is 0.333. The number of nitrogens with one attached hydrogen (secondary N) is 1. The summed E-state index contributed by atoms with van der Waals surface area (Å²) in [5.74, 6) is 0.778. The van der Waals surface area contributed by atoms with Crippen molar-refractivity contribution in [2.45, 2.75) is 12.7 Å². The van der Waals surface area contributed by atoms with Crippen molar-refractivity contribution in [1.29, 1.82) is 0 Å². The quantitative estimate of drug-likeness (QED) is 0.745. The zero-order chi connectivity index (χ0) is 15.1. The summed E-state index contributed by atoms with van der Waals surface area (Å²) in [4.78, 5) is 1.16. The molecule has 2 aromatic rings. The highest BCUT2D eigenvalue weighted by molar-refractivity contribution is 9.10. The number of ether oxygens (including phenoxy) is 2. The highest BCUT2D eigenvalue weighted by Gasteiger charge is 2.06. The molecule has 0 fully saturated rings. The van der Waals surface area contributed by atoms with Crippen LogP contribution < -0.4 is 10.1 Å². The van der Waals surface area contributed by atoms with Crippen LogP contribution >= 0.6 is 27.3 Å². The minimum atomic E-state index is -0.550. The van der Waals surface area contributed by atoms with Crippen molar-refractivity contribution >= 4 is 33.0 Å². The van der Waals surface area contributed by atoms with Crippen LogP contribution in [0.4, 0.5) is 5.69 Å². The van der Waals surface area contributed by atoms with E-state index in [1.165, 1.54) is 0 Å². The maximum absolute atomic E-state index is 9.89. The molecule has 114 valence electrons. The maximum atomic E-state index is 9.89. The predicted octanol–water partition coefficient (Wildman–Crippen LogP) is 3.51. The van der Waals surface area contributed by atoms with Crippen LogP contribution in [0.2, 0.25) is 0 Å². The summed E-state index contributed by atoms with van der Waals surface area (Å²) in [5.41, 5.74) is 0.917. The van der Waals surface area contributed by atoms with E-state index in [0.717, 1.165) is 20.8 Å². The lowest BCUT2D eigenvalue weighted by molar-refractivity contribution is 0.0359. The van der Waals surface area contributed by atoms with Crippen molar-refractivity contribution < 1.29 is 14.6 Å². The lowest BCUT2D eigenvalue weighted by atomic mass is 10.3. The number of thiophene rings is 1. The summed E-state index contributed by atoms with van der Waals surface area (Å²) in [6.45, 7) is 1.29. The first kappa shape index (κ1) is 16.3. The predicted molar refractivity (Wildman–Crippen MR) is 89.2 cm³/mol. The van der Waals surface area contributed by atoms with Gasteiger partial charge in [-0.15, -0.1) is 11.3 Å². The third-order valence-electron chi connectivity index (χ3n) is 2.83. The number of benzene rings is 1. The van der Waals surface area contributed by atoms with Gasteiger partial charge in [0, 0.05) is 17.1 Å². The Morgan fingerprint density at radius 1 is 1.38 bits per heavy atom. The van der Waals surface area contributed by atoms with Gasteiger partial charge in [-0.3, -0.25) is 0 Å². The molecule has 1 heterocycles. The van der Waals surface area contributed by atoms with Gasteiger partial charge in [-0.05, 0) is 45.6 Å². The molecule has 1 atom stereocenters. The third-order valence-corrected chi connectivity index (χ3v) is 4.30. The molecule has 0 saturated carbocycles. The molecule has 0 saturated heterocycles. The van der Waals surface area contributed by atoms with E-state index >= 15 is 0 Å². The third kappa shape index (κ3) is 5.32. The van der Waals surface area contributed by atoms with Gasteiger partial charge in [-0.1, -0.05) is 6.07 Å². The molecule has 1 aromatic carbocycles. The van der Waals surface area contributed by atoms with E-state index in [1.807, 2.05) is 35.7 Å². The Morgan fingerprint density at radius 3 is 2.90 bits per heavy atom. The smallest absolute Gasteiger partial charge is 0.133 e. The van der Waals surface area contributed by atoms with E-state index in [2.05, 4.69) is 21.2 Å². The van der Waals surface area contributed by atoms with E-state index in [0.29, 0.717) is 19.8 Å². The molecule has 21 heavy (non-hydrogen) atoms. The van der Waals surface area contributed by atoms with E-state index < -0.39 is 6.10 Å². The lowest BCUT2D eigenvalue weighted by Crippen LogP contribution is -2.24. The molecule has 2 N–H and O–H groups in total. The zero-order valence-electron chi connectivity index (χ0n) is 11.7. The van der Waals surface area contributed by atoms with Crippen molar-refractivity contribution in [3.05, 3.63) is 45.1 Å². The second-order valence-corrected chi connectivity index (χ2v) is 6.37. The van der Waals surface area contributed by atoms with Gasteiger partial charge in [-0.25, -0.2) is 0 Å². The molecule has 0 bridgehead atoms. The summed E-state index contributed by atoms with van der Waals surface area (Å²) < 4.78 is 11.5. The van der Waals surface area contributed by atoms with Gasteiger partial charge < -0.3 is 19.9 Å². The van der Waals surface area contributed by atoms with Crippen LogP contribution in [0.5, 0.6) is 5.75 Å². The number of aliphatic hydroxyl groups excluding tert-OH is 1. The van der Waals surface area contributed by atoms with Crippen molar-refractivity contribution in [2.75, 3.05) is 25.6 Å². The Hall–Kier alpha value is -1.08. The number of aliphatic hydroxyl groups is 1. The van der Waals surface area contributed by atoms with Crippen molar-refractivity contribution in [3.8, 4) is 5.75 Å². The molecule has 4 nitrogen and oxygen atoms in total. The van der Waals surface area contributed by atoms with Crippen LogP contribution in [0, 0.1) is 0 Å². The van der Waals surface area contributed by atoms with Crippen molar-refractivity contribution in [1.82, 2.24) is 0 Å². The molecule has 6 heteroatoms. The summed E-state index contributed by atoms with van der Waals surface area (Å²) in [7, 11) is 1.63. The molecule has 0 amide bonds. The van der Waals surface area contributed by atoms with Gasteiger partial charge in [0.2, 0.25) is 0 Å². The summed E-state index contributed by atoms with van der Waals surface area (Å²) in [5, 5.41) is 15.1. The van der Waals surface area contributed by atoms with Crippen LogP contribution in [0.3, 0.4) is 0 Å². The molecule has 0 aliphatic heterocycles. The van der Waals surface area contributed by atoms with E-state index in [4.69, 9.17) is 9.47 Å². The Labute approximate surface area is 136 Å². The van der Waals surface area contributed by atoms with Gasteiger partial charge in [-0.2, -0.15) is 0 Å². The molecular formula is C15H18BrNO3S. The maximum Gasteiger partial charge on any atom is 0.133 e. The number of halogens is 1. The van der Waals surface area contributed by atoms with Gasteiger partial charge in [0.1, 0.15) is 5.75 Å². The fourth-order valence-corrected chi connectivity index (χ4v) is 2.94. The normalized spacial score (nSPS) is 12.1. The molecule has 0 aliphatic carbocycles. The SMILES string of the molecule is COc1ccc(NCC(O)COCc2cccs2)cc1Br. The standard InChI is InChI=1S/C15H18BrNO3S/c1-19-15-5-4-11(7-14(15)16)17-8-12(18)9-20-10-13-3-2-6-21-13/h2-7,12,17-18H,8-10H2,1H3. The second-order valence-electron chi connectivity index (χ2n) is 4.48. The Bertz CT molecular complexity index is 548. The Morgan fingerprint density at radius 2 is 2.24 bits per heavy atom. The number of anilines is 1. The molecule has 0 spiro atoms. The van der Waals surface area contributed by atoms with Gasteiger partial charge in [0.25, 0.3) is 0 Å². The molecule has 0 radical (unpaired) electrons. The van der Waals surface area contributed by atoms with Gasteiger partial charge >= 0.3 is 0 Å². The van der Waals surface area contributed by atoms with E-state index in [9.17, 15) is 5.11 Å². The largest absolute Gasteiger partial charge is 0.496 e. The van der Waals surface area contributed by atoms with Crippen molar-refractivity contribution in [2.24, 2.45) is 0 Å². The lowest BCUT2D eigenvalue weighted by Gasteiger charge is -2.14. The van der Waals surface area contributed by atoms with Crippen LogP contribution in [0.1, 0.15) is 4.88 Å². The fourth-order valence-electron chi connectivity index (χ4n) is 1.76. The van der Waals surface area contributed by atoms with Crippen LogP contribution in [0.15, 0.2) is 40.2 Å². The van der Waals surface area contributed by atoms with Crippen molar-refractivity contribution in [3.63, 3.8) is 0 Å². The van der Waals surface area contributed by atoms with Gasteiger partial charge in [0.05, 0.1) is 30.9 Å². The first-order valence-electron chi connectivity index (χ1n) is 6.54. The number of hydrogen-bond donors (Lipinski definition) is 2. The number of rotatable bonds is 8. The average molecular weight is 372 g/mol.